The number of rotatable bonds is 11. The van der Waals surface area contributed by atoms with Crippen LogP contribution in [0.5, 0.6) is 0 Å². The summed E-state index contributed by atoms with van der Waals surface area (Å²) in [5.41, 5.74) is 4.34. The molecule has 3 aromatic rings. The molecule has 0 aromatic heterocycles. The van der Waals surface area contributed by atoms with Gasteiger partial charge in [-0.2, -0.15) is 0 Å². The lowest BCUT2D eigenvalue weighted by Gasteiger charge is -2.24. The van der Waals surface area contributed by atoms with Crippen LogP contribution in [-0.2, 0) is 19.3 Å². The van der Waals surface area contributed by atoms with E-state index in [2.05, 4.69) is 134 Å². The van der Waals surface area contributed by atoms with Gasteiger partial charge in [0.05, 0.1) is 19.3 Å². The summed E-state index contributed by atoms with van der Waals surface area (Å²) in [6, 6.07) is 32.2. The van der Waals surface area contributed by atoms with E-state index in [0.29, 0.717) is 0 Å². The van der Waals surface area contributed by atoms with E-state index in [1.54, 1.807) is 25.7 Å². The van der Waals surface area contributed by atoms with E-state index in [1.807, 2.05) is 0 Å². The van der Waals surface area contributed by atoms with E-state index < -0.39 is 0 Å². The Balaban J connectivity index is 0.000000143. The molecule has 3 saturated carbocycles. The van der Waals surface area contributed by atoms with Crippen molar-refractivity contribution in [2.24, 2.45) is 29.6 Å². The molecule has 56 heavy (non-hydrogen) atoms. The molecule has 0 radical (unpaired) electrons. The highest BCUT2D eigenvalue weighted by Crippen LogP contribution is 2.33. The molecule has 5 aliphatic rings. The summed E-state index contributed by atoms with van der Waals surface area (Å²) in [5, 5.41) is 0. The maximum absolute atomic E-state index is 2.48. The van der Waals surface area contributed by atoms with Gasteiger partial charge in [0.2, 0.25) is 0 Å². The van der Waals surface area contributed by atoms with E-state index in [1.165, 1.54) is 145 Å². The van der Waals surface area contributed by atoms with Crippen molar-refractivity contribution in [1.29, 1.82) is 0 Å². The number of benzene rings is 3. The lowest BCUT2D eigenvalue weighted by atomic mass is 9.80. The third kappa shape index (κ3) is 19.3. The lowest BCUT2D eigenvalue weighted by molar-refractivity contribution is 0.286. The van der Waals surface area contributed by atoms with Crippen molar-refractivity contribution in [2.75, 3.05) is 0 Å². The first-order valence-corrected chi connectivity index (χ1v) is 23.7. The van der Waals surface area contributed by atoms with Crippen molar-refractivity contribution in [3.63, 3.8) is 0 Å². The molecule has 0 saturated heterocycles. The quantitative estimate of drug-likeness (QED) is 0.135. The van der Waals surface area contributed by atoms with Gasteiger partial charge >= 0.3 is 0 Å². The molecule has 0 nitrogen and oxygen atoms in total. The van der Waals surface area contributed by atoms with Crippen LogP contribution in [-0.4, -0.2) is 0 Å². The van der Waals surface area contributed by atoms with Crippen LogP contribution in [0.1, 0.15) is 164 Å². The molecular formula is C56H79+. The van der Waals surface area contributed by atoms with Crippen LogP contribution in [0, 0.1) is 36.0 Å². The summed E-state index contributed by atoms with van der Waals surface area (Å²) in [7, 11) is 0. The van der Waals surface area contributed by atoms with Crippen molar-refractivity contribution < 1.29 is 0 Å². The van der Waals surface area contributed by atoms with Crippen LogP contribution in [0.3, 0.4) is 0 Å². The second kappa shape index (κ2) is 28.2. The van der Waals surface area contributed by atoms with Crippen LogP contribution in [0.15, 0.2) is 127 Å². The maximum atomic E-state index is 2.48. The zero-order chi connectivity index (χ0) is 38.6. The molecule has 8 rings (SSSR count). The van der Waals surface area contributed by atoms with E-state index >= 15 is 0 Å². The normalized spacial score (nSPS) is 21.7. The summed E-state index contributed by atoms with van der Waals surface area (Å²) in [4.78, 5) is 0. The van der Waals surface area contributed by atoms with Crippen molar-refractivity contribution in [2.45, 2.75) is 167 Å². The fourth-order valence-corrected chi connectivity index (χ4v) is 9.60. The Labute approximate surface area is 345 Å². The first-order valence-electron chi connectivity index (χ1n) is 23.7. The minimum absolute atomic E-state index is 0.825. The average molecular weight is 752 g/mol. The van der Waals surface area contributed by atoms with Crippen molar-refractivity contribution >= 4 is 0 Å². The second-order valence-corrected chi connectivity index (χ2v) is 17.9. The summed E-state index contributed by atoms with van der Waals surface area (Å²) >= 11 is 0. The van der Waals surface area contributed by atoms with Crippen LogP contribution in [0.4, 0.5) is 0 Å². The van der Waals surface area contributed by atoms with Gasteiger partial charge in [-0.25, -0.2) is 0 Å². The van der Waals surface area contributed by atoms with Gasteiger partial charge in [0, 0.05) is 0 Å². The summed E-state index contributed by atoms with van der Waals surface area (Å²) < 4.78 is 0. The topological polar surface area (TPSA) is 0 Å². The number of allylic oxidation sites excluding steroid dienone is 6. The van der Waals surface area contributed by atoms with Gasteiger partial charge in [-0.3, -0.25) is 0 Å². The Morgan fingerprint density at radius 3 is 1.20 bits per heavy atom. The molecule has 0 heteroatoms. The molecule has 0 heterocycles. The fourth-order valence-electron chi connectivity index (χ4n) is 9.60. The van der Waals surface area contributed by atoms with E-state index in [0.717, 1.165) is 42.4 Å². The minimum atomic E-state index is 0.825. The smallest absolute Gasteiger partial charge is 0.0878 e. The molecule has 0 bridgehead atoms. The molecule has 0 N–H and O–H groups in total. The zero-order valence-corrected chi connectivity index (χ0v) is 35.5. The van der Waals surface area contributed by atoms with Crippen LogP contribution in [0.2, 0.25) is 0 Å². The molecule has 0 spiro atoms. The highest BCUT2D eigenvalue weighted by molar-refractivity contribution is 5.20. The zero-order valence-electron chi connectivity index (χ0n) is 35.5. The predicted molar refractivity (Wildman–Crippen MR) is 246 cm³/mol. The van der Waals surface area contributed by atoms with Gasteiger partial charge in [-0.15, -0.1) is 0 Å². The molecule has 0 aliphatic heterocycles. The highest BCUT2D eigenvalue weighted by atomic mass is 14.2. The Kier molecular flexibility index (Phi) is 22.1. The molecule has 2 atom stereocenters. The summed E-state index contributed by atoms with van der Waals surface area (Å²) in [6.07, 6.45) is 53.3. The monoisotopic (exact) mass is 752 g/mol. The summed E-state index contributed by atoms with van der Waals surface area (Å²) in [5.74, 6) is 4.86. The second-order valence-electron chi connectivity index (χ2n) is 17.9. The third-order valence-electron chi connectivity index (χ3n) is 13.3. The standard InChI is InChI=1S/C14H25.2C14H20.C14H14/c4*1-3-7-13(8-4-1)11-12-14-9-5-2-6-10-14/h1,13-14H,2-12H2;1,3-4,7-8,14H,2,5-6,9-12H2;1-3,5,11-14H,4,6-10H2;1-10H,11-12H2/q+1;;;. The van der Waals surface area contributed by atoms with Crippen LogP contribution < -0.4 is 0 Å². The Hall–Kier alpha value is -3.25. The maximum Gasteiger partial charge on any atom is 0.0878 e. The SMILES string of the molecule is C1=CCC(C=CC2CC=CCC2)CC1.[CH+]1CCC(CCC2CCCCC2)CC1.c1ccc(CCC2CCCCC2)cc1.c1ccc(CCc2ccccc2)cc1. The first-order chi connectivity index (χ1) is 27.8. The fraction of sp³-hybridized carbons (Fsp3) is 0.554. The molecule has 5 aliphatic carbocycles. The van der Waals surface area contributed by atoms with Gasteiger partial charge in [0.25, 0.3) is 0 Å². The van der Waals surface area contributed by atoms with Gasteiger partial charge in [-0.05, 0) is 130 Å². The molecule has 3 aromatic carbocycles. The van der Waals surface area contributed by atoms with Crippen LogP contribution in [0.25, 0.3) is 0 Å². The number of hydrogen-bond donors (Lipinski definition) is 0. The van der Waals surface area contributed by atoms with E-state index in [-0.39, 0.29) is 0 Å². The Morgan fingerprint density at radius 2 is 0.786 bits per heavy atom. The Bertz CT molecular complexity index is 1350. The minimum Gasteiger partial charge on any atom is -0.0885 e. The average Bonchev–Trinajstić information content (AvgIpc) is 3.30. The number of aryl methyl sites for hydroxylation is 3. The van der Waals surface area contributed by atoms with Gasteiger partial charge < -0.3 is 0 Å². The third-order valence-corrected chi connectivity index (χ3v) is 13.3. The van der Waals surface area contributed by atoms with E-state index in [4.69, 9.17) is 0 Å². The molecular weight excluding hydrogens is 673 g/mol. The van der Waals surface area contributed by atoms with Gasteiger partial charge in [0.15, 0.2) is 0 Å². The molecule has 0 amide bonds. The number of hydrogen-bond acceptors (Lipinski definition) is 0. The highest BCUT2D eigenvalue weighted by Gasteiger charge is 2.21. The van der Waals surface area contributed by atoms with Crippen molar-refractivity contribution in [3.05, 3.63) is 151 Å². The lowest BCUT2D eigenvalue weighted by Crippen LogP contribution is -2.11. The van der Waals surface area contributed by atoms with Gasteiger partial charge in [0.1, 0.15) is 0 Å². The summed E-state index contributed by atoms with van der Waals surface area (Å²) in [6.45, 7) is 0. The predicted octanol–water partition coefficient (Wildman–Crippen LogP) is 16.7. The van der Waals surface area contributed by atoms with Crippen molar-refractivity contribution in [3.8, 4) is 0 Å². The Morgan fingerprint density at radius 1 is 0.393 bits per heavy atom. The largest absolute Gasteiger partial charge is 0.0885 e. The van der Waals surface area contributed by atoms with Gasteiger partial charge in [-0.1, -0.05) is 198 Å². The van der Waals surface area contributed by atoms with E-state index in [9.17, 15) is 0 Å². The van der Waals surface area contributed by atoms with Crippen LogP contribution >= 0.6 is 0 Å². The first kappa shape index (κ1) is 43.9. The molecule has 3 fully saturated rings. The van der Waals surface area contributed by atoms with Crippen molar-refractivity contribution in [1.82, 2.24) is 0 Å². The molecule has 302 valence electrons. The molecule has 2 unspecified atom stereocenters.